The molecule has 0 spiro atoms. The first kappa shape index (κ1) is 28.2. The summed E-state index contributed by atoms with van der Waals surface area (Å²) >= 11 is 0. The molecule has 0 aromatic carbocycles. The van der Waals surface area contributed by atoms with E-state index in [1.54, 1.807) is 7.05 Å². The molecule has 1 N–H and O–H groups in total. The molecule has 4 unspecified atom stereocenters. The van der Waals surface area contributed by atoms with Crippen LogP contribution in [0.15, 0.2) is 12.2 Å². The van der Waals surface area contributed by atoms with Crippen LogP contribution in [-0.4, -0.2) is 47.9 Å². The summed E-state index contributed by atoms with van der Waals surface area (Å²) in [6.07, 6.45) is 3.67. The number of carbonyl (C=O) groups is 4. The van der Waals surface area contributed by atoms with Gasteiger partial charge in [-0.15, -0.1) is 0 Å². The van der Waals surface area contributed by atoms with E-state index in [0.717, 1.165) is 12.7 Å². The maximum Gasteiger partial charge on any atom is 0.251 e. The number of hydrogen-bond acceptors (Lipinski definition) is 5. The molecule has 0 bridgehead atoms. The third kappa shape index (κ3) is 7.15. The summed E-state index contributed by atoms with van der Waals surface area (Å²) in [5, 5.41) is 3.12. The average Bonchev–Trinajstić information content (AvgIpc) is 2.69. The van der Waals surface area contributed by atoms with Crippen molar-refractivity contribution in [2.24, 2.45) is 23.7 Å². The summed E-state index contributed by atoms with van der Waals surface area (Å²) in [6.45, 7) is 17.4. The Bertz CT molecular complexity index is 614. The van der Waals surface area contributed by atoms with Crippen LogP contribution in [0.25, 0.3) is 0 Å². The summed E-state index contributed by atoms with van der Waals surface area (Å²) in [7, 11) is 1.56. The lowest BCUT2D eigenvalue weighted by Crippen LogP contribution is -2.65. The molecule has 0 aliphatic rings. The maximum atomic E-state index is 13.4. The van der Waals surface area contributed by atoms with Crippen molar-refractivity contribution in [3.05, 3.63) is 12.2 Å². The van der Waals surface area contributed by atoms with Crippen molar-refractivity contribution in [2.45, 2.75) is 85.9 Å². The van der Waals surface area contributed by atoms with Gasteiger partial charge in [0.2, 0.25) is 0 Å². The van der Waals surface area contributed by atoms with Crippen molar-refractivity contribution in [1.82, 2.24) is 10.2 Å². The SMILES string of the molecule is C=C(C(=O)N(C)C(C=O)(CC(C)C)NC(C=O)C(C)C)C(CC)C(C)C(=O)CCC. The van der Waals surface area contributed by atoms with Gasteiger partial charge in [0.15, 0.2) is 11.9 Å². The highest BCUT2D eigenvalue weighted by molar-refractivity contribution is 5.96. The van der Waals surface area contributed by atoms with Gasteiger partial charge in [-0.05, 0) is 37.0 Å². The summed E-state index contributed by atoms with van der Waals surface area (Å²) < 4.78 is 0. The number of hydrogen-bond donors (Lipinski definition) is 1. The normalized spacial score (nSPS) is 16.5. The molecule has 1 amide bonds. The lowest BCUT2D eigenvalue weighted by molar-refractivity contribution is -0.142. The molecular weight excluding hydrogens is 380 g/mol. The van der Waals surface area contributed by atoms with E-state index in [0.29, 0.717) is 31.1 Å². The predicted octanol–water partition coefficient (Wildman–Crippen LogP) is 3.79. The number of Topliss-reactive ketones (excluding diaryl/α,β-unsaturated/α-hetero) is 1. The van der Waals surface area contributed by atoms with E-state index in [4.69, 9.17) is 0 Å². The Morgan fingerprint density at radius 3 is 2.03 bits per heavy atom. The second-order valence-corrected chi connectivity index (χ2v) is 9.10. The molecule has 6 nitrogen and oxygen atoms in total. The predicted molar refractivity (Wildman–Crippen MR) is 121 cm³/mol. The largest absolute Gasteiger partial charge is 0.317 e. The molecule has 172 valence electrons. The fourth-order valence-electron chi connectivity index (χ4n) is 3.88. The second-order valence-electron chi connectivity index (χ2n) is 9.10. The van der Waals surface area contributed by atoms with Crippen molar-refractivity contribution in [3.8, 4) is 0 Å². The van der Waals surface area contributed by atoms with Gasteiger partial charge < -0.3 is 9.69 Å². The highest BCUT2D eigenvalue weighted by Crippen LogP contribution is 2.29. The minimum Gasteiger partial charge on any atom is -0.317 e. The smallest absolute Gasteiger partial charge is 0.251 e. The van der Waals surface area contributed by atoms with Crippen molar-refractivity contribution in [3.63, 3.8) is 0 Å². The Balaban J connectivity index is 5.95. The number of nitrogens with zero attached hydrogens (tertiary/aromatic N) is 1. The lowest BCUT2D eigenvalue weighted by Gasteiger charge is -2.42. The Labute approximate surface area is 182 Å². The number of carbonyl (C=O) groups excluding carboxylic acids is 4. The van der Waals surface area contributed by atoms with E-state index in [1.807, 2.05) is 48.5 Å². The molecule has 30 heavy (non-hydrogen) atoms. The Morgan fingerprint density at radius 1 is 1.10 bits per heavy atom. The van der Waals surface area contributed by atoms with Crippen LogP contribution in [-0.2, 0) is 19.2 Å². The highest BCUT2D eigenvalue weighted by Gasteiger charge is 2.42. The van der Waals surface area contributed by atoms with Crippen LogP contribution in [0.2, 0.25) is 0 Å². The molecule has 0 aliphatic carbocycles. The van der Waals surface area contributed by atoms with E-state index < -0.39 is 11.7 Å². The van der Waals surface area contributed by atoms with Crippen LogP contribution in [0.1, 0.15) is 74.1 Å². The molecule has 0 fully saturated rings. The Morgan fingerprint density at radius 2 is 1.67 bits per heavy atom. The summed E-state index contributed by atoms with van der Waals surface area (Å²) in [6, 6.07) is -0.579. The number of nitrogens with one attached hydrogen (secondary N) is 1. The van der Waals surface area contributed by atoms with Crippen LogP contribution in [0.5, 0.6) is 0 Å². The average molecular weight is 423 g/mol. The summed E-state index contributed by atoms with van der Waals surface area (Å²) in [4.78, 5) is 51.1. The van der Waals surface area contributed by atoms with Gasteiger partial charge in [-0.1, -0.05) is 55.0 Å². The van der Waals surface area contributed by atoms with Crippen molar-refractivity contribution in [2.75, 3.05) is 7.05 Å². The molecular formula is C24H42N2O4. The number of aldehydes is 2. The topological polar surface area (TPSA) is 83.6 Å². The van der Waals surface area contributed by atoms with E-state index in [9.17, 15) is 19.2 Å². The fraction of sp³-hybridized carbons (Fsp3) is 0.750. The number of likely N-dealkylation sites (N-methyl/N-ethyl adjacent to an activating group) is 1. The first-order valence-corrected chi connectivity index (χ1v) is 11.1. The Kier molecular flexibility index (Phi) is 12.0. The summed E-state index contributed by atoms with van der Waals surface area (Å²) in [5.41, 5.74) is -1.01. The zero-order chi connectivity index (χ0) is 23.6. The quantitative estimate of drug-likeness (QED) is 0.247. The monoisotopic (exact) mass is 422 g/mol. The minimum absolute atomic E-state index is 0.0456. The van der Waals surface area contributed by atoms with Gasteiger partial charge in [0, 0.05) is 25.0 Å². The molecule has 0 saturated carbocycles. The van der Waals surface area contributed by atoms with Gasteiger partial charge in [0.05, 0.1) is 6.04 Å². The van der Waals surface area contributed by atoms with Gasteiger partial charge in [-0.2, -0.15) is 0 Å². The van der Waals surface area contributed by atoms with E-state index >= 15 is 0 Å². The van der Waals surface area contributed by atoms with Crippen molar-refractivity contribution in [1.29, 1.82) is 0 Å². The summed E-state index contributed by atoms with van der Waals surface area (Å²) in [5.74, 6) is -0.833. The number of ketones is 1. The van der Waals surface area contributed by atoms with Gasteiger partial charge >= 0.3 is 0 Å². The second kappa shape index (κ2) is 12.8. The number of amides is 1. The third-order valence-corrected chi connectivity index (χ3v) is 5.87. The first-order valence-electron chi connectivity index (χ1n) is 11.1. The minimum atomic E-state index is -1.33. The van der Waals surface area contributed by atoms with Gasteiger partial charge in [-0.3, -0.25) is 19.7 Å². The lowest BCUT2D eigenvalue weighted by atomic mass is 9.81. The van der Waals surface area contributed by atoms with E-state index in [1.165, 1.54) is 4.90 Å². The molecule has 0 aromatic heterocycles. The molecule has 0 heterocycles. The van der Waals surface area contributed by atoms with E-state index in [-0.39, 0.29) is 35.4 Å². The Hall–Kier alpha value is -1.82. The molecule has 0 radical (unpaired) electrons. The molecule has 0 saturated heterocycles. The molecule has 0 aliphatic heterocycles. The standard InChI is InChI=1S/C24H42N2O4/c1-10-12-22(29)18(7)20(11-2)19(8)23(30)26(9)24(15-28,13-16(3)4)25-21(14-27)17(5)6/h14-18,20-21,25H,8,10-13H2,1-7,9H3. The highest BCUT2D eigenvalue weighted by atomic mass is 16.2. The van der Waals surface area contributed by atoms with Gasteiger partial charge in [0.25, 0.3) is 5.91 Å². The van der Waals surface area contributed by atoms with Crippen LogP contribution in [0.3, 0.4) is 0 Å². The molecule has 0 rings (SSSR count). The fourth-order valence-corrected chi connectivity index (χ4v) is 3.88. The molecule has 6 heteroatoms. The van der Waals surface area contributed by atoms with Crippen molar-refractivity contribution >= 4 is 24.3 Å². The zero-order valence-corrected chi connectivity index (χ0v) is 20.2. The molecule has 4 atom stereocenters. The van der Waals surface area contributed by atoms with Crippen LogP contribution in [0.4, 0.5) is 0 Å². The number of rotatable bonds is 15. The van der Waals surface area contributed by atoms with Crippen LogP contribution in [0, 0.1) is 23.7 Å². The van der Waals surface area contributed by atoms with Crippen LogP contribution < -0.4 is 5.32 Å². The van der Waals surface area contributed by atoms with Gasteiger partial charge in [0.1, 0.15) is 12.1 Å². The third-order valence-electron chi connectivity index (χ3n) is 5.87. The van der Waals surface area contributed by atoms with Gasteiger partial charge in [-0.25, -0.2) is 0 Å². The maximum absolute atomic E-state index is 13.4. The first-order chi connectivity index (χ1) is 13.9. The molecule has 0 aromatic rings. The van der Waals surface area contributed by atoms with Crippen molar-refractivity contribution < 1.29 is 19.2 Å². The van der Waals surface area contributed by atoms with E-state index in [2.05, 4.69) is 11.9 Å². The zero-order valence-electron chi connectivity index (χ0n) is 20.2. The van der Waals surface area contributed by atoms with Crippen LogP contribution >= 0.6 is 0 Å².